The van der Waals surface area contributed by atoms with Crippen molar-refractivity contribution in [2.75, 3.05) is 6.54 Å². The van der Waals surface area contributed by atoms with Crippen molar-refractivity contribution in [3.63, 3.8) is 0 Å². The molecular weight excluding hydrogens is 612 g/mol. The van der Waals surface area contributed by atoms with Crippen molar-refractivity contribution in [3.05, 3.63) is 64.9 Å². The van der Waals surface area contributed by atoms with E-state index in [1.54, 1.807) is 0 Å². The number of alkyl halides is 2. The number of alkyl carbamates (subject to hydrolysis) is 1. The summed E-state index contributed by atoms with van der Waals surface area (Å²) in [6.45, 7) is 2.30. The Morgan fingerprint density at radius 2 is 1.87 bits per heavy atom. The summed E-state index contributed by atoms with van der Waals surface area (Å²) in [5.41, 5.74) is -0.526. The van der Waals surface area contributed by atoms with Crippen LogP contribution in [0.1, 0.15) is 69.1 Å². The van der Waals surface area contributed by atoms with Gasteiger partial charge in [-0.25, -0.2) is 4.79 Å². The number of pyridine rings is 1. The van der Waals surface area contributed by atoms with Crippen molar-refractivity contribution in [1.82, 2.24) is 26.3 Å². The minimum Gasteiger partial charge on any atom is -0.434 e. The highest BCUT2D eigenvalue weighted by Gasteiger charge is 2.46. The topological polar surface area (TPSA) is 159 Å². The number of unbranched alkanes of at least 4 members (excludes halogenated alkanes) is 1. The van der Waals surface area contributed by atoms with Gasteiger partial charge in [-0.1, -0.05) is 43.5 Å². The third-order valence-electron chi connectivity index (χ3n) is 7.83. The molecule has 11 nitrogen and oxygen atoms in total. The van der Waals surface area contributed by atoms with Crippen LogP contribution in [0.3, 0.4) is 0 Å². The molecule has 1 aromatic carbocycles. The predicted molar refractivity (Wildman–Crippen MR) is 160 cm³/mol. The lowest BCUT2D eigenvalue weighted by Crippen LogP contribution is -2.56. The normalized spacial score (nSPS) is 19.0. The van der Waals surface area contributed by atoms with Crippen molar-refractivity contribution in [1.29, 1.82) is 0 Å². The number of hydrogen-bond donors (Lipinski definition) is 5. The van der Waals surface area contributed by atoms with Gasteiger partial charge in [-0.15, -0.1) is 0 Å². The first-order valence-corrected chi connectivity index (χ1v) is 15.4. The van der Waals surface area contributed by atoms with Gasteiger partial charge in [0.15, 0.2) is 12.2 Å². The monoisotopic (exact) mass is 649 g/mol. The molecule has 1 saturated heterocycles. The standard InChI is InChI=1S/C31H38ClF2N5O6/c1-2-3-7-23(28(42)38-24(16-19-12-15-36-27(19)41)25(40)29(43)37-22-8-9-22)39-30(44)45-26(18-10-13-35-14-11-18)31(33,34)20-5-4-6-21(32)17-20/h4-6,10-11,13-14,17,19,22-26,40H,2-3,7-9,12,15-16H2,1H3,(H,36,41)(H,37,43)(H,38,42)(H,39,44)/t19-,23-,24-,25?,26?/m0/s1. The lowest BCUT2D eigenvalue weighted by molar-refractivity contribution is -0.134. The van der Waals surface area contributed by atoms with Crippen LogP contribution in [-0.4, -0.2) is 64.7 Å². The zero-order valence-electron chi connectivity index (χ0n) is 24.8. The number of aliphatic hydroxyl groups excluding tert-OH is 1. The minimum absolute atomic E-state index is 0.0161. The van der Waals surface area contributed by atoms with Crippen LogP contribution in [0.25, 0.3) is 0 Å². The SMILES string of the molecule is CCCC[C@H](NC(=O)OC(c1ccncc1)C(F)(F)c1cccc(Cl)c1)C(=O)N[C@@H](C[C@@H]1CCNC1=O)C(O)C(=O)NC1CC1. The fourth-order valence-corrected chi connectivity index (χ4v) is 5.31. The molecule has 1 saturated carbocycles. The molecule has 1 aliphatic heterocycles. The second-order valence-electron chi connectivity index (χ2n) is 11.4. The molecule has 0 radical (unpaired) electrons. The largest absolute Gasteiger partial charge is 0.434 e. The summed E-state index contributed by atoms with van der Waals surface area (Å²) in [5.74, 6) is -5.96. The zero-order valence-corrected chi connectivity index (χ0v) is 25.6. The first-order chi connectivity index (χ1) is 21.5. The average Bonchev–Trinajstić information content (AvgIpc) is 3.75. The highest BCUT2D eigenvalue weighted by molar-refractivity contribution is 6.30. The lowest BCUT2D eigenvalue weighted by Gasteiger charge is -2.29. The Kier molecular flexibility index (Phi) is 11.7. The maximum atomic E-state index is 15.8. The van der Waals surface area contributed by atoms with Gasteiger partial charge in [0.1, 0.15) is 6.04 Å². The van der Waals surface area contributed by atoms with Gasteiger partial charge in [0.2, 0.25) is 11.8 Å². The maximum absolute atomic E-state index is 15.8. The molecule has 5 atom stereocenters. The highest BCUT2D eigenvalue weighted by Crippen LogP contribution is 2.43. The van der Waals surface area contributed by atoms with E-state index in [9.17, 15) is 24.3 Å². The number of amides is 4. The third-order valence-corrected chi connectivity index (χ3v) is 8.06. The molecule has 0 bridgehead atoms. The van der Waals surface area contributed by atoms with E-state index in [4.69, 9.17) is 16.3 Å². The molecule has 2 heterocycles. The van der Waals surface area contributed by atoms with Gasteiger partial charge in [0.25, 0.3) is 5.91 Å². The van der Waals surface area contributed by atoms with Gasteiger partial charge >= 0.3 is 12.0 Å². The lowest BCUT2D eigenvalue weighted by atomic mass is 9.94. The molecule has 244 valence electrons. The van der Waals surface area contributed by atoms with E-state index in [2.05, 4.69) is 26.3 Å². The zero-order chi connectivity index (χ0) is 32.6. The Hall–Kier alpha value is -3.84. The van der Waals surface area contributed by atoms with Crippen LogP contribution in [0.15, 0.2) is 48.8 Å². The number of halogens is 3. The number of carbonyl (C=O) groups is 4. The highest BCUT2D eigenvalue weighted by atomic mass is 35.5. The number of nitrogens with zero attached hydrogens (tertiary/aromatic N) is 1. The van der Waals surface area contributed by atoms with Gasteiger partial charge in [-0.2, -0.15) is 8.78 Å². The van der Waals surface area contributed by atoms with E-state index in [0.29, 0.717) is 25.8 Å². The molecule has 2 aromatic rings. The van der Waals surface area contributed by atoms with E-state index < -0.39 is 59.6 Å². The Morgan fingerprint density at radius 3 is 2.49 bits per heavy atom. The summed E-state index contributed by atoms with van der Waals surface area (Å²) in [6, 6.07) is 5.14. The van der Waals surface area contributed by atoms with Crippen LogP contribution in [-0.2, 0) is 25.0 Å². The second kappa shape index (κ2) is 15.4. The first-order valence-electron chi connectivity index (χ1n) is 15.1. The third kappa shape index (κ3) is 9.33. The molecule has 2 aliphatic rings. The van der Waals surface area contributed by atoms with E-state index in [1.165, 1.54) is 36.7 Å². The summed E-state index contributed by atoms with van der Waals surface area (Å²) < 4.78 is 37.0. The number of benzene rings is 1. The Balaban J connectivity index is 1.52. The van der Waals surface area contributed by atoms with Crippen LogP contribution in [0.2, 0.25) is 5.02 Å². The molecule has 4 rings (SSSR count). The summed E-state index contributed by atoms with van der Waals surface area (Å²) in [7, 11) is 0. The molecule has 1 aliphatic carbocycles. The molecule has 2 unspecified atom stereocenters. The number of carbonyl (C=O) groups excluding carboxylic acids is 4. The van der Waals surface area contributed by atoms with Gasteiger partial charge in [0.05, 0.1) is 6.04 Å². The average molecular weight is 650 g/mol. The van der Waals surface area contributed by atoms with Gasteiger partial charge in [-0.3, -0.25) is 19.4 Å². The van der Waals surface area contributed by atoms with Crippen LogP contribution in [0, 0.1) is 5.92 Å². The molecule has 2 fully saturated rings. The second-order valence-corrected chi connectivity index (χ2v) is 11.8. The van der Waals surface area contributed by atoms with E-state index >= 15 is 8.78 Å². The molecule has 5 N–H and O–H groups in total. The molecule has 4 amide bonds. The van der Waals surface area contributed by atoms with Crippen LogP contribution < -0.4 is 21.3 Å². The van der Waals surface area contributed by atoms with Crippen LogP contribution in [0.5, 0.6) is 0 Å². The van der Waals surface area contributed by atoms with Crippen LogP contribution in [0.4, 0.5) is 13.6 Å². The molecule has 1 aromatic heterocycles. The van der Waals surface area contributed by atoms with Crippen molar-refractivity contribution < 1.29 is 37.8 Å². The fourth-order valence-electron chi connectivity index (χ4n) is 5.12. The number of nitrogens with one attached hydrogen (secondary N) is 4. The van der Waals surface area contributed by atoms with Crippen molar-refractivity contribution in [2.45, 2.75) is 88.1 Å². The van der Waals surface area contributed by atoms with Crippen molar-refractivity contribution in [3.8, 4) is 0 Å². The Bertz CT molecular complexity index is 1350. The van der Waals surface area contributed by atoms with Gasteiger partial charge < -0.3 is 31.1 Å². The minimum atomic E-state index is -3.73. The predicted octanol–water partition coefficient (Wildman–Crippen LogP) is 3.50. The smallest absolute Gasteiger partial charge is 0.408 e. The number of aromatic nitrogens is 1. The fraction of sp³-hybridized carbons (Fsp3) is 0.516. The molecular formula is C31H38ClF2N5O6. The van der Waals surface area contributed by atoms with Crippen molar-refractivity contribution in [2.24, 2.45) is 5.92 Å². The summed E-state index contributed by atoms with van der Waals surface area (Å²) in [6.07, 6.45) is 0.763. The Labute approximate surface area is 264 Å². The van der Waals surface area contributed by atoms with Crippen molar-refractivity contribution >= 4 is 35.4 Å². The number of hydrogen-bond acceptors (Lipinski definition) is 7. The van der Waals surface area contributed by atoms with Gasteiger partial charge in [-0.05, 0) is 56.4 Å². The quantitative estimate of drug-likeness (QED) is 0.198. The maximum Gasteiger partial charge on any atom is 0.408 e. The first kappa shape index (κ1) is 34.0. The van der Waals surface area contributed by atoms with E-state index in [-0.39, 0.29) is 35.4 Å². The number of aliphatic hydroxyl groups is 1. The van der Waals surface area contributed by atoms with Gasteiger partial charge in [0, 0.05) is 47.0 Å². The van der Waals surface area contributed by atoms with E-state index in [1.807, 2.05) is 6.92 Å². The molecule has 45 heavy (non-hydrogen) atoms. The number of rotatable bonds is 15. The number of ether oxygens (including phenoxy) is 1. The summed E-state index contributed by atoms with van der Waals surface area (Å²) in [5, 5.41) is 21.4. The Morgan fingerprint density at radius 1 is 1.13 bits per heavy atom. The molecule has 14 heteroatoms. The summed E-state index contributed by atoms with van der Waals surface area (Å²) in [4.78, 5) is 55.5. The van der Waals surface area contributed by atoms with Crippen LogP contribution >= 0.6 is 11.6 Å². The molecule has 0 spiro atoms. The summed E-state index contributed by atoms with van der Waals surface area (Å²) >= 11 is 5.96. The van der Waals surface area contributed by atoms with E-state index in [0.717, 1.165) is 25.0 Å².